The highest BCUT2D eigenvalue weighted by Crippen LogP contribution is 2.32. The summed E-state index contributed by atoms with van der Waals surface area (Å²) in [4.78, 5) is 9.54. The van der Waals surface area contributed by atoms with E-state index in [9.17, 15) is 0 Å². The van der Waals surface area contributed by atoms with Crippen molar-refractivity contribution in [1.82, 2.24) is 24.5 Å². The van der Waals surface area contributed by atoms with E-state index in [4.69, 9.17) is 9.73 Å². The molecule has 6 rings (SSSR count). The molecule has 7 nitrogen and oxygen atoms in total. The smallest absolute Gasteiger partial charge is 0.238 e. The number of fused-ring (bicyclic) bond motifs is 5. The van der Waals surface area contributed by atoms with Gasteiger partial charge in [-0.2, -0.15) is 0 Å². The standard InChI is InChI=1S/C22H17BrN6O/c1-13-2-4-14(5-3-13)17-11-30-22(26-17)21-20-9-16-10-25-27-29(16)19-8-15(23)6-7-18(19)28(20)12-24-21/h2-8,10,12,17H,9,11H2,1H3/t17-/m0/s1. The summed E-state index contributed by atoms with van der Waals surface area (Å²) in [6.07, 6.45) is 4.26. The van der Waals surface area contributed by atoms with Crippen molar-refractivity contribution < 1.29 is 4.74 Å². The van der Waals surface area contributed by atoms with Gasteiger partial charge in [-0.05, 0) is 30.7 Å². The fourth-order valence-corrected chi connectivity index (χ4v) is 4.36. The van der Waals surface area contributed by atoms with Crippen molar-refractivity contribution in [3.05, 3.63) is 87.7 Å². The third-order valence-electron chi connectivity index (χ3n) is 5.58. The summed E-state index contributed by atoms with van der Waals surface area (Å²) < 4.78 is 11.0. The third-order valence-corrected chi connectivity index (χ3v) is 6.07. The van der Waals surface area contributed by atoms with Gasteiger partial charge < -0.3 is 4.74 Å². The quantitative estimate of drug-likeness (QED) is 0.399. The molecule has 0 N–H and O–H groups in total. The van der Waals surface area contributed by atoms with Gasteiger partial charge in [-0.15, -0.1) is 5.10 Å². The van der Waals surface area contributed by atoms with E-state index in [1.165, 1.54) is 5.56 Å². The van der Waals surface area contributed by atoms with Gasteiger partial charge in [-0.3, -0.25) is 4.57 Å². The number of nitrogens with zero attached hydrogens (tertiary/aromatic N) is 6. The summed E-state index contributed by atoms with van der Waals surface area (Å²) in [7, 11) is 0. The third kappa shape index (κ3) is 2.71. The Hall–Kier alpha value is -3.26. The highest BCUT2D eigenvalue weighted by atomic mass is 79.9. The average molecular weight is 461 g/mol. The lowest BCUT2D eigenvalue weighted by Gasteiger charge is -2.10. The first-order valence-corrected chi connectivity index (χ1v) is 10.5. The molecule has 4 heterocycles. The van der Waals surface area contributed by atoms with Crippen molar-refractivity contribution in [2.24, 2.45) is 4.99 Å². The molecule has 8 heteroatoms. The first-order chi connectivity index (χ1) is 14.7. The van der Waals surface area contributed by atoms with Crippen LogP contribution in [0.4, 0.5) is 0 Å². The number of hydrogen-bond acceptors (Lipinski definition) is 5. The molecule has 0 bridgehead atoms. The van der Waals surface area contributed by atoms with Gasteiger partial charge >= 0.3 is 0 Å². The molecule has 0 fully saturated rings. The molecule has 0 spiro atoms. The summed E-state index contributed by atoms with van der Waals surface area (Å²) >= 11 is 3.56. The van der Waals surface area contributed by atoms with E-state index in [1.807, 2.05) is 23.1 Å². The molecule has 2 aliphatic rings. The maximum atomic E-state index is 6.01. The van der Waals surface area contributed by atoms with E-state index < -0.39 is 0 Å². The van der Waals surface area contributed by atoms with Crippen molar-refractivity contribution in [2.45, 2.75) is 19.4 Å². The van der Waals surface area contributed by atoms with Gasteiger partial charge in [0.1, 0.15) is 24.7 Å². The summed E-state index contributed by atoms with van der Waals surface area (Å²) in [5, 5.41) is 8.42. The molecule has 4 aromatic rings. The van der Waals surface area contributed by atoms with Crippen molar-refractivity contribution in [3.63, 3.8) is 0 Å². The van der Waals surface area contributed by atoms with Gasteiger partial charge in [0.25, 0.3) is 0 Å². The Bertz CT molecular complexity index is 1300. The molecule has 0 aliphatic carbocycles. The lowest BCUT2D eigenvalue weighted by Crippen LogP contribution is -2.08. The molecule has 0 amide bonds. The highest BCUT2D eigenvalue weighted by molar-refractivity contribution is 9.10. The van der Waals surface area contributed by atoms with E-state index in [0.29, 0.717) is 18.9 Å². The lowest BCUT2D eigenvalue weighted by molar-refractivity contribution is 0.319. The zero-order valence-electron chi connectivity index (χ0n) is 16.2. The van der Waals surface area contributed by atoms with E-state index in [1.54, 1.807) is 6.20 Å². The first kappa shape index (κ1) is 17.6. The maximum Gasteiger partial charge on any atom is 0.238 e. The molecule has 0 radical (unpaired) electrons. The van der Waals surface area contributed by atoms with Crippen LogP contribution in [0.25, 0.3) is 11.4 Å². The fraction of sp³-hybridized carbons (Fsp3) is 0.182. The van der Waals surface area contributed by atoms with Crippen LogP contribution in [-0.4, -0.2) is 37.0 Å². The topological polar surface area (TPSA) is 70.1 Å². The number of halogens is 1. The number of rotatable bonds is 2. The minimum atomic E-state index is -0.0147. The van der Waals surface area contributed by atoms with E-state index in [-0.39, 0.29) is 6.04 Å². The molecule has 0 unspecified atom stereocenters. The highest BCUT2D eigenvalue weighted by Gasteiger charge is 2.29. The molecular weight excluding hydrogens is 444 g/mol. The van der Waals surface area contributed by atoms with Crippen LogP contribution in [0.5, 0.6) is 0 Å². The van der Waals surface area contributed by atoms with E-state index >= 15 is 0 Å². The molecule has 30 heavy (non-hydrogen) atoms. The lowest BCUT2D eigenvalue weighted by atomic mass is 10.1. The van der Waals surface area contributed by atoms with Crippen LogP contribution in [0.15, 0.2) is 64.5 Å². The van der Waals surface area contributed by atoms with Gasteiger partial charge in [0.15, 0.2) is 0 Å². The summed E-state index contributed by atoms with van der Waals surface area (Å²) in [5.74, 6) is 0.592. The van der Waals surface area contributed by atoms with Crippen molar-refractivity contribution in [3.8, 4) is 11.4 Å². The van der Waals surface area contributed by atoms with E-state index in [0.717, 1.165) is 38.5 Å². The van der Waals surface area contributed by atoms with Gasteiger partial charge in [-0.25, -0.2) is 14.7 Å². The molecular formula is C22H17BrN6O. The Morgan fingerprint density at radius 1 is 1.10 bits per heavy atom. The second-order valence-corrected chi connectivity index (χ2v) is 8.44. The Kier molecular flexibility index (Phi) is 3.89. The largest absolute Gasteiger partial charge is 0.474 e. The summed E-state index contributed by atoms with van der Waals surface area (Å²) in [6, 6.07) is 14.5. The predicted molar refractivity (Wildman–Crippen MR) is 115 cm³/mol. The van der Waals surface area contributed by atoms with Crippen LogP contribution in [0.3, 0.4) is 0 Å². The molecule has 2 aromatic heterocycles. The Morgan fingerprint density at radius 3 is 2.83 bits per heavy atom. The first-order valence-electron chi connectivity index (χ1n) is 9.71. The minimum Gasteiger partial charge on any atom is -0.474 e. The maximum absolute atomic E-state index is 6.01. The number of hydrogen-bond donors (Lipinski definition) is 0. The Labute approximate surface area is 181 Å². The van der Waals surface area contributed by atoms with Crippen molar-refractivity contribution in [2.75, 3.05) is 6.61 Å². The zero-order chi connectivity index (χ0) is 20.2. The molecule has 0 saturated carbocycles. The number of ether oxygens (including phenoxy) is 1. The van der Waals surface area contributed by atoms with Gasteiger partial charge in [0.2, 0.25) is 5.90 Å². The van der Waals surface area contributed by atoms with Crippen LogP contribution in [0, 0.1) is 6.92 Å². The number of aliphatic imine (C=N–C) groups is 1. The fourth-order valence-electron chi connectivity index (χ4n) is 4.01. The normalized spacial score (nSPS) is 16.9. The molecule has 2 aliphatic heterocycles. The summed E-state index contributed by atoms with van der Waals surface area (Å²) in [6.45, 7) is 2.60. The average Bonchev–Trinajstić information content (AvgIpc) is 3.48. The molecule has 0 saturated heterocycles. The molecule has 2 aromatic carbocycles. The van der Waals surface area contributed by atoms with Crippen LogP contribution in [-0.2, 0) is 11.2 Å². The minimum absolute atomic E-state index is 0.0147. The van der Waals surface area contributed by atoms with Crippen LogP contribution in [0.1, 0.15) is 34.3 Å². The monoisotopic (exact) mass is 460 g/mol. The van der Waals surface area contributed by atoms with Crippen LogP contribution >= 0.6 is 15.9 Å². The number of aromatic nitrogens is 5. The van der Waals surface area contributed by atoms with Gasteiger partial charge in [0.05, 0.1) is 29.0 Å². The summed E-state index contributed by atoms with van der Waals surface area (Å²) in [5.41, 5.74) is 7.10. The zero-order valence-corrected chi connectivity index (χ0v) is 17.7. The van der Waals surface area contributed by atoms with Crippen molar-refractivity contribution in [1.29, 1.82) is 0 Å². The second kappa shape index (κ2) is 6.63. The SMILES string of the molecule is Cc1ccc([C@@H]2COC(c3ncn4c3Cc3cnnn3-c3cc(Br)ccc3-4)=N2)cc1. The number of benzene rings is 2. The number of aryl methyl sites for hydroxylation is 1. The van der Waals surface area contributed by atoms with Crippen molar-refractivity contribution >= 4 is 21.8 Å². The second-order valence-electron chi connectivity index (χ2n) is 7.53. The van der Waals surface area contributed by atoms with Gasteiger partial charge in [-0.1, -0.05) is 51.0 Å². The Balaban J connectivity index is 1.46. The predicted octanol–water partition coefficient (Wildman–Crippen LogP) is 3.95. The molecule has 1 atom stereocenters. The Morgan fingerprint density at radius 2 is 1.97 bits per heavy atom. The van der Waals surface area contributed by atoms with Gasteiger partial charge in [0, 0.05) is 10.9 Å². The van der Waals surface area contributed by atoms with Crippen LogP contribution < -0.4 is 0 Å². The van der Waals surface area contributed by atoms with E-state index in [2.05, 4.69) is 73.0 Å². The van der Waals surface area contributed by atoms with Crippen LogP contribution in [0.2, 0.25) is 0 Å². The number of imidazole rings is 1. The molecule has 148 valence electrons.